The van der Waals surface area contributed by atoms with Gasteiger partial charge in [0, 0.05) is 37.2 Å². The number of hydrogen-bond acceptors (Lipinski definition) is 6. The lowest BCUT2D eigenvalue weighted by Crippen LogP contribution is -2.42. The van der Waals surface area contributed by atoms with Crippen LogP contribution in [0.25, 0.3) is 22.2 Å². The summed E-state index contributed by atoms with van der Waals surface area (Å²) >= 11 is 1.58. The Hall–Kier alpha value is -2.74. The van der Waals surface area contributed by atoms with Crippen LogP contribution in [0.15, 0.2) is 29.6 Å². The first-order valence-corrected chi connectivity index (χ1v) is 11.4. The van der Waals surface area contributed by atoms with Gasteiger partial charge in [0.05, 0.1) is 11.7 Å². The summed E-state index contributed by atoms with van der Waals surface area (Å²) < 4.78 is 14.9. The summed E-state index contributed by atoms with van der Waals surface area (Å²) in [6.07, 6.45) is 10.3. The highest BCUT2D eigenvalue weighted by Gasteiger charge is 2.36. The minimum atomic E-state index is -0.153. The van der Waals surface area contributed by atoms with Crippen molar-refractivity contribution in [1.82, 2.24) is 14.5 Å². The first kappa shape index (κ1) is 19.2. The molecule has 4 heterocycles. The summed E-state index contributed by atoms with van der Waals surface area (Å²) in [5.74, 6) is 1.84. The number of nitrogens with one attached hydrogen (secondary N) is 1. The third-order valence-electron chi connectivity index (χ3n) is 5.75. The van der Waals surface area contributed by atoms with Gasteiger partial charge in [0.1, 0.15) is 28.7 Å². The maximum Gasteiger partial charge on any atom is 0.222 e. The third kappa shape index (κ3) is 3.29. The van der Waals surface area contributed by atoms with Crippen LogP contribution in [-0.2, 0) is 11.8 Å². The SMILES string of the molecule is CSc1cc2c(c(-c3cn(C)c4cnc(NC(C)=O)cc34)n1)OC1CCCCC1O2. The van der Waals surface area contributed by atoms with Crippen molar-refractivity contribution in [3.05, 3.63) is 24.5 Å². The van der Waals surface area contributed by atoms with Gasteiger partial charge in [0.15, 0.2) is 11.5 Å². The van der Waals surface area contributed by atoms with Gasteiger partial charge in [-0.15, -0.1) is 11.8 Å². The van der Waals surface area contributed by atoms with E-state index in [-0.39, 0.29) is 18.1 Å². The Morgan fingerprint density at radius 2 is 2.00 bits per heavy atom. The summed E-state index contributed by atoms with van der Waals surface area (Å²) in [6, 6.07) is 3.86. The van der Waals surface area contributed by atoms with Crippen molar-refractivity contribution in [2.75, 3.05) is 11.6 Å². The van der Waals surface area contributed by atoms with E-state index in [4.69, 9.17) is 14.5 Å². The summed E-state index contributed by atoms with van der Waals surface area (Å²) in [5, 5.41) is 4.61. The molecule has 2 atom stereocenters. The van der Waals surface area contributed by atoms with Crippen LogP contribution in [0.3, 0.4) is 0 Å². The van der Waals surface area contributed by atoms with Crippen molar-refractivity contribution >= 4 is 34.4 Å². The van der Waals surface area contributed by atoms with Crippen molar-refractivity contribution in [1.29, 1.82) is 0 Å². The van der Waals surface area contributed by atoms with Gasteiger partial charge in [-0.05, 0) is 38.0 Å². The highest BCUT2D eigenvalue weighted by Crippen LogP contribution is 2.47. The van der Waals surface area contributed by atoms with Crippen LogP contribution in [0, 0.1) is 0 Å². The number of aromatic nitrogens is 3. The minimum absolute atomic E-state index is 0.0681. The van der Waals surface area contributed by atoms with Crippen LogP contribution >= 0.6 is 11.8 Å². The molecule has 8 heteroatoms. The lowest BCUT2D eigenvalue weighted by atomic mass is 9.93. The summed E-state index contributed by atoms with van der Waals surface area (Å²) in [5.41, 5.74) is 2.66. The molecule has 30 heavy (non-hydrogen) atoms. The smallest absolute Gasteiger partial charge is 0.222 e. The maximum atomic E-state index is 11.5. The number of carbonyl (C=O) groups is 1. The topological polar surface area (TPSA) is 78.3 Å². The third-order valence-corrected chi connectivity index (χ3v) is 6.38. The molecule has 3 aromatic heterocycles. The molecule has 156 valence electrons. The molecule has 1 N–H and O–H groups in total. The fraction of sp³-hybridized carbons (Fsp3) is 0.409. The second-order valence-electron chi connectivity index (χ2n) is 7.86. The van der Waals surface area contributed by atoms with Gasteiger partial charge in [-0.3, -0.25) is 4.79 Å². The van der Waals surface area contributed by atoms with Gasteiger partial charge in [0.25, 0.3) is 0 Å². The molecule has 5 rings (SSSR count). The number of hydrogen-bond donors (Lipinski definition) is 1. The van der Waals surface area contributed by atoms with Gasteiger partial charge in [-0.2, -0.15) is 0 Å². The molecule has 0 bridgehead atoms. The summed E-state index contributed by atoms with van der Waals surface area (Å²) in [6.45, 7) is 1.48. The average Bonchev–Trinajstić information content (AvgIpc) is 3.06. The quantitative estimate of drug-likeness (QED) is 0.628. The zero-order chi connectivity index (χ0) is 20.8. The molecule has 0 radical (unpaired) electrons. The number of ether oxygens (including phenoxy) is 2. The van der Waals surface area contributed by atoms with E-state index in [0.717, 1.165) is 52.2 Å². The van der Waals surface area contributed by atoms with Gasteiger partial charge in [0.2, 0.25) is 5.91 Å². The number of aryl methyl sites for hydroxylation is 1. The first-order valence-electron chi connectivity index (χ1n) is 10.2. The van der Waals surface area contributed by atoms with Crippen molar-refractivity contribution < 1.29 is 14.3 Å². The molecule has 1 aliphatic carbocycles. The predicted molar refractivity (Wildman–Crippen MR) is 117 cm³/mol. The van der Waals surface area contributed by atoms with Crippen LogP contribution < -0.4 is 14.8 Å². The van der Waals surface area contributed by atoms with Crippen molar-refractivity contribution in [2.45, 2.75) is 49.8 Å². The molecule has 0 aromatic carbocycles. The Labute approximate surface area is 179 Å². The van der Waals surface area contributed by atoms with Crippen LogP contribution in [0.5, 0.6) is 11.5 Å². The normalized spacial score (nSPS) is 20.1. The molecule has 7 nitrogen and oxygen atoms in total. The fourth-order valence-electron chi connectivity index (χ4n) is 4.34. The molecular weight excluding hydrogens is 400 g/mol. The monoisotopic (exact) mass is 424 g/mol. The van der Waals surface area contributed by atoms with Crippen LogP contribution in [-0.4, -0.2) is 38.9 Å². The fourth-order valence-corrected chi connectivity index (χ4v) is 4.75. The van der Waals surface area contributed by atoms with Crippen molar-refractivity contribution in [3.63, 3.8) is 0 Å². The molecular formula is C22H24N4O3S. The van der Waals surface area contributed by atoms with Gasteiger partial charge < -0.3 is 19.4 Å². The number of amides is 1. The average molecular weight is 425 g/mol. The predicted octanol–water partition coefficient (Wildman–Crippen LogP) is 4.40. The Balaban J connectivity index is 1.68. The van der Waals surface area contributed by atoms with Crippen LogP contribution in [0.4, 0.5) is 5.82 Å². The molecule has 0 saturated heterocycles. The molecule has 1 amide bonds. The Morgan fingerprint density at radius 1 is 1.23 bits per heavy atom. The lowest BCUT2D eigenvalue weighted by molar-refractivity contribution is -0.114. The van der Waals surface area contributed by atoms with E-state index in [1.165, 1.54) is 13.3 Å². The van der Waals surface area contributed by atoms with Gasteiger partial charge >= 0.3 is 0 Å². The number of carbonyl (C=O) groups excluding carboxylic acids is 1. The van der Waals surface area contributed by atoms with E-state index in [1.807, 2.05) is 36.2 Å². The van der Waals surface area contributed by atoms with Crippen molar-refractivity contribution in [3.8, 4) is 22.8 Å². The molecule has 2 unspecified atom stereocenters. The number of anilines is 1. The second kappa shape index (κ2) is 7.50. The van der Waals surface area contributed by atoms with Crippen molar-refractivity contribution in [2.24, 2.45) is 7.05 Å². The molecule has 0 spiro atoms. The Bertz CT molecular complexity index is 1140. The molecule has 1 aliphatic heterocycles. The number of pyridine rings is 2. The van der Waals surface area contributed by atoms with E-state index >= 15 is 0 Å². The Morgan fingerprint density at radius 3 is 2.73 bits per heavy atom. The largest absolute Gasteiger partial charge is 0.482 e. The molecule has 3 aromatic rings. The van der Waals surface area contributed by atoms with E-state index in [2.05, 4.69) is 10.3 Å². The molecule has 1 saturated carbocycles. The zero-order valence-corrected chi connectivity index (χ0v) is 18.1. The number of rotatable bonds is 3. The molecule has 1 fully saturated rings. The zero-order valence-electron chi connectivity index (χ0n) is 17.3. The highest BCUT2D eigenvalue weighted by molar-refractivity contribution is 7.98. The van der Waals surface area contributed by atoms with Gasteiger partial charge in [-0.1, -0.05) is 0 Å². The number of nitrogens with zero attached hydrogens (tertiary/aromatic N) is 3. The number of fused-ring (bicyclic) bond motifs is 3. The Kier molecular flexibility index (Phi) is 4.81. The van der Waals surface area contributed by atoms with E-state index in [0.29, 0.717) is 11.6 Å². The first-order chi connectivity index (χ1) is 14.5. The second-order valence-corrected chi connectivity index (χ2v) is 8.69. The summed E-state index contributed by atoms with van der Waals surface area (Å²) in [7, 11) is 1.98. The molecule has 2 aliphatic rings. The van der Waals surface area contributed by atoms with E-state index < -0.39 is 0 Å². The van der Waals surface area contributed by atoms with E-state index in [9.17, 15) is 4.79 Å². The van der Waals surface area contributed by atoms with E-state index in [1.54, 1.807) is 18.0 Å². The maximum absolute atomic E-state index is 11.5. The van der Waals surface area contributed by atoms with Crippen LogP contribution in [0.2, 0.25) is 0 Å². The minimum Gasteiger partial charge on any atom is -0.482 e. The lowest BCUT2D eigenvalue weighted by Gasteiger charge is -2.37. The standard InChI is InChI=1S/C22H24N4O3S/c1-12(27)24-19-8-13-14(11-26(2)15(13)10-23-19)21-22-18(9-20(25-21)30-3)28-16-6-4-5-7-17(16)29-22/h8-11,16-17H,4-7H2,1-3H3,(H,23,24,27). The van der Waals surface area contributed by atoms with Gasteiger partial charge in [-0.25, -0.2) is 9.97 Å². The summed E-state index contributed by atoms with van der Waals surface area (Å²) in [4.78, 5) is 20.8. The van der Waals surface area contributed by atoms with Crippen LogP contribution in [0.1, 0.15) is 32.6 Å². The number of thioether (sulfide) groups is 1. The highest BCUT2D eigenvalue weighted by atomic mass is 32.2.